The summed E-state index contributed by atoms with van der Waals surface area (Å²) >= 11 is 0. The zero-order valence-electron chi connectivity index (χ0n) is 13.7. The fraction of sp³-hybridized carbons (Fsp3) is 0.944. The second kappa shape index (κ2) is 9.41. The van der Waals surface area contributed by atoms with Crippen molar-refractivity contribution in [1.29, 1.82) is 0 Å². The van der Waals surface area contributed by atoms with Gasteiger partial charge in [-0.2, -0.15) is 0 Å². The lowest BCUT2D eigenvalue weighted by Gasteiger charge is -2.19. The fourth-order valence-electron chi connectivity index (χ4n) is 3.71. The molecule has 0 aromatic heterocycles. The van der Waals surface area contributed by atoms with E-state index in [-0.39, 0.29) is 0 Å². The first-order valence-corrected chi connectivity index (χ1v) is 9.27. The smallest absolute Gasteiger partial charge is 0.246 e. The monoisotopic (exact) mass is 279 g/mol. The summed E-state index contributed by atoms with van der Waals surface area (Å²) in [5, 5.41) is 0. The maximum absolute atomic E-state index is 2.75. The molecule has 0 aromatic carbocycles. The number of amidine groups is 1. The second-order valence-corrected chi connectivity index (χ2v) is 6.68. The van der Waals surface area contributed by atoms with Crippen LogP contribution in [0.5, 0.6) is 0 Å². The van der Waals surface area contributed by atoms with Crippen molar-refractivity contribution in [2.24, 2.45) is 0 Å². The van der Waals surface area contributed by atoms with E-state index < -0.39 is 0 Å². The summed E-state index contributed by atoms with van der Waals surface area (Å²) in [6.07, 6.45) is 16.9. The van der Waals surface area contributed by atoms with Crippen molar-refractivity contribution in [2.45, 2.75) is 84.0 Å². The molecular formula is C18H35N2+. The van der Waals surface area contributed by atoms with E-state index in [9.17, 15) is 0 Å². The van der Waals surface area contributed by atoms with Gasteiger partial charge in [0.15, 0.2) is 0 Å². The quantitative estimate of drug-likeness (QED) is 0.493. The summed E-state index contributed by atoms with van der Waals surface area (Å²) in [6.45, 7) is 7.58. The van der Waals surface area contributed by atoms with Crippen LogP contribution in [0.15, 0.2) is 0 Å². The molecular weight excluding hydrogens is 244 g/mol. The Kier molecular flexibility index (Phi) is 7.46. The van der Waals surface area contributed by atoms with E-state index >= 15 is 0 Å². The highest BCUT2D eigenvalue weighted by Gasteiger charge is 2.26. The maximum atomic E-state index is 2.75. The average molecular weight is 279 g/mol. The molecule has 0 aromatic rings. The summed E-state index contributed by atoms with van der Waals surface area (Å²) in [5.74, 6) is 1.70. The van der Waals surface area contributed by atoms with Gasteiger partial charge in [-0.25, -0.2) is 0 Å². The van der Waals surface area contributed by atoms with Gasteiger partial charge in [0.05, 0.1) is 26.2 Å². The van der Waals surface area contributed by atoms with Gasteiger partial charge in [0.25, 0.3) is 0 Å². The average Bonchev–Trinajstić information content (AvgIpc) is 2.79. The lowest BCUT2D eigenvalue weighted by Crippen LogP contribution is -2.37. The summed E-state index contributed by atoms with van der Waals surface area (Å²) in [6, 6.07) is 0. The molecule has 0 amide bonds. The summed E-state index contributed by atoms with van der Waals surface area (Å²) in [7, 11) is 0. The minimum atomic E-state index is 1.32. The molecule has 0 atom stereocenters. The van der Waals surface area contributed by atoms with Gasteiger partial charge in [-0.3, -0.25) is 9.48 Å². The van der Waals surface area contributed by atoms with Crippen LogP contribution in [0.1, 0.15) is 84.0 Å². The molecule has 2 aliphatic heterocycles. The highest BCUT2D eigenvalue weighted by Crippen LogP contribution is 2.16. The Morgan fingerprint density at radius 1 is 0.850 bits per heavy atom. The number of rotatable bonds is 7. The molecule has 116 valence electrons. The number of unbranched alkanes of at least 4 members (excludes halogenated alkanes) is 5. The van der Waals surface area contributed by atoms with E-state index in [4.69, 9.17) is 0 Å². The molecule has 0 saturated carbocycles. The Morgan fingerprint density at radius 2 is 1.60 bits per heavy atom. The van der Waals surface area contributed by atoms with Gasteiger partial charge in [0.1, 0.15) is 0 Å². The van der Waals surface area contributed by atoms with Crippen LogP contribution in [0.25, 0.3) is 0 Å². The zero-order valence-corrected chi connectivity index (χ0v) is 13.7. The lowest BCUT2D eigenvalue weighted by molar-refractivity contribution is -0.531. The van der Waals surface area contributed by atoms with Crippen molar-refractivity contribution in [3.8, 4) is 0 Å². The van der Waals surface area contributed by atoms with Gasteiger partial charge in [-0.15, -0.1) is 0 Å². The van der Waals surface area contributed by atoms with E-state index in [1.54, 1.807) is 5.84 Å². The van der Waals surface area contributed by atoms with Crippen molar-refractivity contribution < 1.29 is 4.58 Å². The molecule has 0 aliphatic carbocycles. The minimum absolute atomic E-state index is 1.32. The van der Waals surface area contributed by atoms with Gasteiger partial charge in [0.2, 0.25) is 5.84 Å². The Bertz CT molecular complexity index is 292. The highest BCUT2D eigenvalue weighted by atomic mass is 15.2. The third kappa shape index (κ3) is 5.10. The van der Waals surface area contributed by atoms with Gasteiger partial charge in [0, 0.05) is 6.42 Å². The van der Waals surface area contributed by atoms with Crippen LogP contribution in [-0.2, 0) is 0 Å². The summed E-state index contributed by atoms with van der Waals surface area (Å²) in [4.78, 5) is 2.75. The maximum Gasteiger partial charge on any atom is 0.246 e. The molecule has 2 rings (SSSR count). The molecule has 0 N–H and O–H groups in total. The number of hydrogen-bond donors (Lipinski definition) is 0. The van der Waals surface area contributed by atoms with Crippen LogP contribution in [0.2, 0.25) is 0 Å². The van der Waals surface area contributed by atoms with Crippen molar-refractivity contribution in [3.05, 3.63) is 0 Å². The van der Waals surface area contributed by atoms with Gasteiger partial charge in [-0.05, 0) is 44.9 Å². The molecule has 2 nitrogen and oxygen atoms in total. The Labute approximate surface area is 126 Å². The van der Waals surface area contributed by atoms with Crippen LogP contribution in [-0.4, -0.2) is 41.5 Å². The summed E-state index contributed by atoms with van der Waals surface area (Å²) in [5.41, 5.74) is 0. The predicted octanol–water partition coefficient (Wildman–Crippen LogP) is 4.43. The van der Waals surface area contributed by atoms with Crippen molar-refractivity contribution in [1.82, 2.24) is 4.90 Å². The normalized spacial score (nSPS) is 20.6. The minimum Gasteiger partial charge on any atom is -0.266 e. The van der Waals surface area contributed by atoms with E-state index in [1.165, 1.54) is 103 Å². The zero-order chi connectivity index (χ0) is 14.0. The first-order valence-electron chi connectivity index (χ1n) is 9.27. The molecule has 20 heavy (non-hydrogen) atoms. The topological polar surface area (TPSA) is 6.25 Å². The SMILES string of the molecule is CCCCCCCCN1CCCC[N+]2=C1CCCCC2. The van der Waals surface area contributed by atoms with E-state index in [0.29, 0.717) is 0 Å². The predicted molar refractivity (Wildman–Crippen MR) is 87.7 cm³/mol. The molecule has 0 radical (unpaired) electrons. The van der Waals surface area contributed by atoms with Crippen LogP contribution < -0.4 is 0 Å². The van der Waals surface area contributed by atoms with Gasteiger partial charge >= 0.3 is 0 Å². The Morgan fingerprint density at radius 3 is 2.45 bits per heavy atom. The van der Waals surface area contributed by atoms with Gasteiger partial charge in [-0.1, -0.05) is 32.6 Å². The third-order valence-electron chi connectivity index (χ3n) is 4.95. The molecule has 2 aliphatic rings. The highest BCUT2D eigenvalue weighted by molar-refractivity contribution is 5.77. The first-order chi connectivity index (χ1) is 9.92. The molecule has 2 heteroatoms. The molecule has 0 spiro atoms. The molecule has 0 bridgehead atoms. The fourth-order valence-corrected chi connectivity index (χ4v) is 3.71. The van der Waals surface area contributed by atoms with Gasteiger partial charge < -0.3 is 0 Å². The Balaban J connectivity index is 1.78. The van der Waals surface area contributed by atoms with Crippen LogP contribution in [0.3, 0.4) is 0 Å². The van der Waals surface area contributed by atoms with E-state index in [1.807, 2.05) is 0 Å². The molecule has 2 heterocycles. The van der Waals surface area contributed by atoms with E-state index in [0.717, 1.165) is 0 Å². The first kappa shape index (κ1) is 15.9. The number of hydrogen-bond acceptors (Lipinski definition) is 1. The van der Waals surface area contributed by atoms with Crippen molar-refractivity contribution in [2.75, 3.05) is 26.2 Å². The Hall–Kier alpha value is -0.530. The van der Waals surface area contributed by atoms with Crippen molar-refractivity contribution in [3.63, 3.8) is 0 Å². The standard InChI is InChI=1S/C18H35N2/c1-2-3-4-5-6-9-14-19-16-11-12-17-20-15-10-7-8-13-18(19)20/h2-17H2,1H3/q+1. The number of nitrogens with zero attached hydrogens (tertiary/aromatic N) is 2. The largest absolute Gasteiger partial charge is 0.266 e. The van der Waals surface area contributed by atoms with E-state index in [2.05, 4.69) is 16.4 Å². The third-order valence-corrected chi connectivity index (χ3v) is 4.95. The van der Waals surface area contributed by atoms with Crippen LogP contribution >= 0.6 is 0 Å². The van der Waals surface area contributed by atoms with Crippen molar-refractivity contribution >= 4 is 5.84 Å². The van der Waals surface area contributed by atoms with Crippen LogP contribution in [0.4, 0.5) is 0 Å². The van der Waals surface area contributed by atoms with Crippen LogP contribution in [0, 0.1) is 0 Å². The lowest BCUT2D eigenvalue weighted by atomic mass is 10.1. The molecule has 0 saturated heterocycles. The molecule has 0 fully saturated rings. The second-order valence-electron chi connectivity index (χ2n) is 6.68. The molecule has 0 unspecified atom stereocenters. The summed E-state index contributed by atoms with van der Waals surface area (Å²) < 4.78 is 2.72.